The lowest BCUT2D eigenvalue weighted by atomic mass is 10.2. The van der Waals surface area contributed by atoms with E-state index in [9.17, 15) is 8.78 Å². The molecule has 0 N–H and O–H groups in total. The standard InChI is InChI=1S/C9H7ClF2N2O/c1-15-9-7(8(11)12)6(10)4-5(14-9)2-3-13/h4,8H,2H2,1H3. The van der Waals surface area contributed by atoms with Crippen LogP contribution < -0.4 is 4.74 Å². The number of ether oxygens (including phenoxy) is 1. The quantitative estimate of drug-likeness (QED) is 0.805. The van der Waals surface area contributed by atoms with Gasteiger partial charge in [0.2, 0.25) is 5.88 Å². The fourth-order valence-corrected chi connectivity index (χ4v) is 1.36. The second-order valence-electron chi connectivity index (χ2n) is 2.65. The first-order valence-electron chi connectivity index (χ1n) is 3.98. The molecule has 1 rings (SSSR count). The molecular weight excluding hydrogens is 226 g/mol. The third-order valence-corrected chi connectivity index (χ3v) is 2.01. The molecular formula is C9H7ClF2N2O. The summed E-state index contributed by atoms with van der Waals surface area (Å²) < 4.78 is 29.7. The van der Waals surface area contributed by atoms with E-state index in [4.69, 9.17) is 16.9 Å². The lowest BCUT2D eigenvalue weighted by Crippen LogP contribution is -2.00. The Bertz CT molecular complexity index is 404. The van der Waals surface area contributed by atoms with Crippen LogP contribution in [0.5, 0.6) is 5.88 Å². The van der Waals surface area contributed by atoms with Gasteiger partial charge in [0.05, 0.1) is 35.9 Å². The van der Waals surface area contributed by atoms with E-state index in [1.54, 1.807) is 0 Å². The third kappa shape index (κ3) is 2.54. The number of aromatic nitrogens is 1. The number of halogens is 3. The number of rotatable bonds is 3. The van der Waals surface area contributed by atoms with Crippen molar-refractivity contribution in [2.24, 2.45) is 0 Å². The van der Waals surface area contributed by atoms with Crippen LogP contribution in [-0.4, -0.2) is 12.1 Å². The van der Waals surface area contributed by atoms with Crippen LogP contribution in [0.3, 0.4) is 0 Å². The number of nitrogens with zero attached hydrogens (tertiary/aromatic N) is 2. The molecule has 0 atom stereocenters. The predicted octanol–water partition coefficient (Wildman–Crippen LogP) is 2.75. The molecule has 0 spiro atoms. The number of nitriles is 1. The Hall–Kier alpha value is -1.41. The largest absolute Gasteiger partial charge is 0.481 e. The van der Waals surface area contributed by atoms with Gasteiger partial charge in [0.15, 0.2) is 0 Å². The summed E-state index contributed by atoms with van der Waals surface area (Å²) in [6.45, 7) is 0. The second kappa shape index (κ2) is 4.89. The summed E-state index contributed by atoms with van der Waals surface area (Å²) in [5.41, 5.74) is -0.135. The summed E-state index contributed by atoms with van der Waals surface area (Å²) in [6.07, 6.45) is -2.75. The van der Waals surface area contributed by atoms with E-state index in [-0.39, 0.29) is 17.3 Å². The van der Waals surface area contributed by atoms with Gasteiger partial charge < -0.3 is 4.74 Å². The highest BCUT2D eigenvalue weighted by Gasteiger charge is 2.20. The van der Waals surface area contributed by atoms with E-state index in [0.29, 0.717) is 5.69 Å². The fourth-order valence-electron chi connectivity index (χ4n) is 1.07. The Kier molecular flexibility index (Phi) is 3.81. The van der Waals surface area contributed by atoms with Crippen molar-refractivity contribution in [2.75, 3.05) is 7.11 Å². The van der Waals surface area contributed by atoms with Crippen molar-refractivity contribution in [3.05, 3.63) is 22.3 Å². The Morgan fingerprint density at radius 2 is 2.33 bits per heavy atom. The van der Waals surface area contributed by atoms with Gasteiger partial charge in [0.25, 0.3) is 6.43 Å². The van der Waals surface area contributed by atoms with E-state index in [1.165, 1.54) is 13.2 Å². The van der Waals surface area contributed by atoms with Gasteiger partial charge in [-0.25, -0.2) is 13.8 Å². The van der Waals surface area contributed by atoms with E-state index in [2.05, 4.69) is 9.72 Å². The molecule has 0 aliphatic rings. The van der Waals surface area contributed by atoms with Crippen molar-refractivity contribution in [3.8, 4) is 11.9 Å². The molecule has 0 saturated carbocycles. The lowest BCUT2D eigenvalue weighted by molar-refractivity contribution is 0.146. The van der Waals surface area contributed by atoms with Gasteiger partial charge in [0, 0.05) is 0 Å². The maximum absolute atomic E-state index is 12.5. The summed E-state index contributed by atoms with van der Waals surface area (Å²) in [5.74, 6) is -0.234. The van der Waals surface area contributed by atoms with Crippen molar-refractivity contribution in [1.29, 1.82) is 5.26 Å². The smallest absolute Gasteiger partial charge is 0.270 e. The molecule has 15 heavy (non-hydrogen) atoms. The van der Waals surface area contributed by atoms with E-state index in [0.717, 1.165) is 0 Å². The maximum Gasteiger partial charge on any atom is 0.270 e. The van der Waals surface area contributed by atoms with Crippen LogP contribution >= 0.6 is 11.6 Å². The average molecular weight is 233 g/mol. The SMILES string of the molecule is COc1nc(CC#N)cc(Cl)c1C(F)F. The molecule has 1 heterocycles. The molecule has 0 aromatic carbocycles. The molecule has 0 fully saturated rings. The molecule has 0 bridgehead atoms. The van der Waals surface area contributed by atoms with Crippen LogP contribution in [0.25, 0.3) is 0 Å². The normalized spacial score (nSPS) is 10.1. The van der Waals surface area contributed by atoms with Crippen LogP contribution in [-0.2, 0) is 6.42 Å². The zero-order valence-electron chi connectivity index (χ0n) is 7.80. The monoisotopic (exact) mass is 232 g/mol. The fraction of sp³-hybridized carbons (Fsp3) is 0.333. The van der Waals surface area contributed by atoms with Gasteiger partial charge >= 0.3 is 0 Å². The number of methoxy groups -OCH3 is 1. The second-order valence-corrected chi connectivity index (χ2v) is 3.06. The van der Waals surface area contributed by atoms with Crippen LogP contribution in [0, 0.1) is 11.3 Å². The summed E-state index contributed by atoms with van der Waals surface area (Å²) >= 11 is 5.63. The Balaban J connectivity index is 3.25. The topological polar surface area (TPSA) is 45.9 Å². The first-order chi connectivity index (χ1) is 7.10. The number of hydrogen-bond acceptors (Lipinski definition) is 3. The molecule has 0 saturated heterocycles. The molecule has 1 aromatic heterocycles. The van der Waals surface area contributed by atoms with Gasteiger partial charge in [-0.2, -0.15) is 5.26 Å². The molecule has 0 aliphatic carbocycles. The highest BCUT2D eigenvalue weighted by Crippen LogP contribution is 2.34. The molecule has 0 amide bonds. The lowest BCUT2D eigenvalue weighted by Gasteiger charge is -2.09. The van der Waals surface area contributed by atoms with E-state index in [1.807, 2.05) is 6.07 Å². The summed E-state index contributed by atoms with van der Waals surface area (Å²) in [6, 6.07) is 3.09. The van der Waals surface area contributed by atoms with Crippen LogP contribution in [0.15, 0.2) is 6.07 Å². The minimum Gasteiger partial charge on any atom is -0.481 e. The zero-order chi connectivity index (χ0) is 11.4. The van der Waals surface area contributed by atoms with Gasteiger partial charge in [-0.1, -0.05) is 11.6 Å². The average Bonchev–Trinajstić information content (AvgIpc) is 2.16. The first kappa shape index (κ1) is 11.7. The number of alkyl halides is 2. The van der Waals surface area contributed by atoms with Crippen molar-refractivity contribution < 1.29 is 13.5 Å². The Morgan fingerprint density at radius 3 is 2.80 bits per heavy atom. The van der Waals surface area contributed by atoms with Gasteiger partial charge in [0.1, 0.15) is 0 Å². The van der Waals surface area contributed by atoms with Crippen molar-refractivity contribution in [3.63, 3.8) is 0 Å². The zero-order valence-corrected chi connectivity index (χ0v) is 8.55. The number of pyridine rings is 1. The minimum absolute atomic E-state index is 0.000399. The van der Waals surface area contributed by atoms with Crippen molar-refractivity contribution >= 4 is 11.6 Å². The third-order valence-electron chi connectivity index (χ3n) is 1.70. The molecule has 3 nitrogen and oxygen atoms in total. The maximum atomic E-state index is 12.5. The Morgan fingerprint density at radius 1 is 1.67 bits per heavy atom. The molecule has 1 aromatic rings. The molecule has 6 heteroatoms. The van der Waals surface area contributed by atoms with Crippen LogP contribution in [0.2, 0.25) is 5.02 Å². The highest BCUT2D eigenvalue weighted by atomic mass is 35.5. The van der Waals surface area contributed by atoms with Crippen LogP contribution in [0.4, 0.5) is 8.78 Å². The summed E-state index contributed by atoms with van der Waals surface area (Å²) in [4.78, 5) is 3.75. The molecule has 0 aliphatic heterocycles. The first-order valence-corrected chi connectivity index (χ1v) is 4.36. The van der Waals surface area contributed by atoms with Gasteiger partial charge in [-0.15, -0.1) is 0 Å². The molecule has 0 unspecified atom stereocenters. The van der Waals surface area contributed by atoms with Crippen LogP contribution in [0.1, 0.15) is 17.7 Å². The Labute approximate surface area is 90.3 Å². The minimum atomic E-state index is -2.75. The van der Waals surface area contributed by atoms with E-state index >= 15 is 0 Å². The number of hydrogen-bond donors (Lipinski definition) is 0. The molecule has 0 radical (unpaired) electrons. The summed E-state index contributed by atoms with van der Waals surface area (Å²) in [5, 5.41) is 8.29. The van der Waals surface area contributed by atoms with Gasteiger partial charge in [-0.3, -0.25) is 0 Å². The predicted molar refractivity (Wildman–Crippen MR) is 50.1 cm³/mol. The van der Waals surface area contributed by atoms with Crippen molar-refractivity contribution in [2.45, 2.75) is 12.8 Å². The molecule has 80 valence electrons. The summed E-state index contributed by atoms with van der Waals surface area (Å²) in [7, 11) is 1.22. The highest BCUT2D eigenvalue weighted by molar-refractivity contribution is 6.31. The van der Waals surface area contributed by atoms with E-state index < -0.39 is 12.0 Å². The van der Waals surface area contributed by atoms with Crippen molar-refractivity contribution in [1.82, 2.24) is 4.98 Å². The van der Waals surface area contributed by atoms with Gasteiger partial charge in [-0.05, 0) is 6.07 Å².